The summed E-state index contributed by atoms with van der Waals surface area (Å²) in [4.78, 5) is 19.3. The first-order valence-corrected chi connectivity index (χ1v) is 6.40. The molecule has 2 rings (SSSR count). The van der Waals surface area contributed by atoms with Gasteiger partial charge in [0, 0.05) is 0 Å². The average molecular weight is 312 g/mol. The molecule has 0 aliphatic carbocycles. The van der Waals surface area contributed by atoms with E-state index in [-0.39, 0.29) is 5.69 Å². The number of carbonyl (C=O) groups is 1. The lowest BCUT2D eigenvalue weighted by molar-refractivity contribution is 0.0593. The number of nitrogens with zero attached hydrogens (tertiary/aromatic N) is 2. The number of carbonyl (C=O) groups excluding carboxylic acids is 1. The lowest BCUT2D eigenvalue weighted by atomic mass is 10.2. The van der Waals surface area contributed by atoms with Crippen LogP contribution in [-0.4, -0.2) is 23.0 Å². The van der Waals surface area contributed by atoms with Crippen molar-refractivity contribution in [3.63, 3.8) is 0 Å². The van der Waals surface area contributed by atoms with Crippen LogP contribution < -0.4 is 5.32 Å². The van der Waals surface area contributed by atoms with Gasteiger partial charge in [-0.2, -0.15) is 0 Å². The maximum absolute atomic E-state index is 11.2. The van der Waals surface area contributed by atoms with Crippen LogP contribution in [-0.2, 0) is 4.74 Å². The van der Waals surface area contributed by atoms with E-state index in [9.17, 15) is 4.79 Å². The second kappa shape index (κ2) is 6.07. The average Bonchev–Trinajstić information content (AvgIpc) is 2.47. The minimum Gasteiger partial charge on any atom is -0.464 e. The van der Waals surface area contributed by atoms with Crippen molar-refractivity contribution in [3.05, 3.63) is 45.8 Å². The molecule has 1 aromatic carbocycles. The number of esters is 1. The van der Waals surface area contributed by atoms with Crippen molar-refractivity contribution >= 4 is 40.7 Å². The lowest BCUT2D eigenvalue weighted by Crippen LogP contribution is -2.06. The molecule has 7 heteroatoms. The second-order valence-electron chi connectivity index (χ2n) is 3.96. The maximum atomic E-state index is 11.2. The van der Waals surface area contributed by atoms with E-state index in [4.69, 9.17) is 23.2 Å². The Morgan fingerprint density at radius 2 is 2.00 bits per heavy atom. The Bertz CT molecular complexity index is 645. The molecular formula is C13H11Cl2N3O2. The number of halogens is 2. The van der Waals surface area contributed by atoms with Crippen LogP contribution in [0.3, 0.4) is 0 Å². The van der Waals surface area contributed by atoms with Gasteiger partial charge in [0.25, 0.3) is 0 Å². The summed E-state index contributed by atoms with van der Waals surface area (Å²) in [5.74, 6) is -0.122. The summed E-state index contributed by atoms with van der Waals surface area (Å²) < 4.78 is 4.54. The molecule has 0 spiro atoms. The molecule has 0 saturated heterocycles. The summed E-state index contributed by atoms with van der Waals surface area (Å²) >= 11 is 12.3. The normalized spacial score (nSPS) is 10.2. The van der Waals surface area contributed by atoms with Crippen molar-refractivity contribution in [2.45, 2.75) is 6.92 Å². The Morgan fingerprint density at radius 1 is 1.25 bits per heavy atom. The summed E-state index contributed by atoms with van der Waals surface area (Å²) in [6.07, 6.45) is 2.72. The molecule has 0 saturated carbocycles. The highest BCUT2D eigenvalue weighted by molar-refractivity contribution is 6.39. The summed E-state index contributed by atoms with van der Waals surface area (Å²) in [5.41, 5.74) is 1.56. The number of hydrogen-bond acceptors (Lipinski definition) is 5. The summed E-state index contributed by atoms with van der Waals surface area (Å²) in [7, 11) is 1.28. The number of rotatable bonds is 3. The van der Waals surface area contributed by atoms with E-state index < -0.39 is 5.97 Å². The molecule has 1 aromatic heterocycles. The van der Waals surface area contributed by atoms with E-state index >= 15 is 0 Å². The molecule has 20 heavy (non-hydrogen) atoms. The molecule has 0 radical (unpaired) electrons. The van der Waals surface area contributed by atoms with Gasteiger partial charge in [-0.25, -0.2) is 14.8 Å². The smallest absolute Gasteiger partial charge is 0.358 e. The van der Waals surface area contributed by atoms with Crippen molar-refractivity contribution in [2.75, 3.05) is 12.4 Å². The predicted molar refractivity (Wildman–Crippen MR) is 77.9 cm³/mol. The molecule has 104 valence electrons. The molecular weight excluding hydrogens is 301 g/mol. The quantitative estimate of drug-likeness (QED) is 0.877. The van der Waals surface area contributed by atoms with Gasteiger partial charge in [-0.1, -0.05) is 29.3 Å². The third-order valence-electron chi connectivity index (χ3n) is 2.58. The van der Waals surface area contributed by atoms with Crippen LogP contribution >= 0.6 is 23.2 Å². The summed E-state index contributed by atoms with van der Waals surface area (Å²) in [5, 5.41) is 3.96. The maximum Gasteiger partial charge on any atom is 0.358 e. The van der Waals surface area contributed by atoms with Crippen molar-refractivity contribution < 1.29 is 9.53 Å². The minimum absolute atomic E-state index is 0.125. The van der Waals surface area contributed by atoms with Crippen LogP contribution in [0.2, 0.25) is 10.0 Å². The Kier molecular flexibility index (Phi) is 4.42. The number of ether oxygens (including phenoxy) is 1. The zero-order valence-electron chi connectivity index (χ0n) is 10.8. The fraction of sp³-hybridized carbons (Fsp3) is 0.154. The first-order chi connectivity index (χ1) is 9.52. The fourth-order valence-corrected chi connectivity index (χ4v) is 1.97. The van der Waals surface area contributed by atoms with Crippen LogP contribution in [0.25, 0.3) is 0 Å². The number of hydrogen-bond donors (Lipinski definition) is 1. The molecule has 0 amide bonds. The summed E-state index contributed by atoms with van der Waals surface area (Å²) in [6.45, 7) is 1.87. The first-order valence-electron chi connectivity index (χ1n) is 5.65. The van der Waals surface area contributed by atoms with E-state index in [1.165, 1.54) is 19.5 Å². The van der Waals surface area contributed by atoms with Crippen LogP contribution in [0.5, 0.6) is 0 Å². The van der Waals surface area contributed by atoms with Crippen LogP contribution in [0, 0.1) is 6.92 Å². The Labute approximate surface area is 125 Å². The molecule has 0 fully saturated rings. The largest absolute Gasteiger partial charge is 0.464 e. The van der Waals surface area contributed by atoms with Gasteiger partial charge >= 0.3 is 5.97 Å². The second-order valence-corrected chi connectivity index (χ2v) is 4.74. The number of aryl methyl sites for hydroxylation is 1. The zero-order chi connectivity index (χ0) is 14.7. The van der Waals surface area contributed by atoms with Gasteiger partial charge in [-0.3, -0.25) is 0 Å². The van der Waals surface area contributed by atoms with Gasteiger partial charge in [-0.05, 0) is 18.6 Å². The molecule has 0 aliphatic rings. The van der Waals surface area contributed by atoms with Gasteiger partial charge in [0.15, 0.2) is 5.69 Å². The number of nitrogens with one attached hydrogen (secondary N) is 1. The van der Waals surface area contributed by atoms with Gasteiger partial charge in [0.2, 0.25) is 0 Å². The third-order valence-corrected chi connectivity index (χ3v) is 3.39. The van der Waals surface area contributed by atoms with Crippen molar-refractivity contribution in [3.8, 4) is 0 Å². The van der Waals surface area contributed by atoms with Crippen LogP contribution in [0.1, 0.15) is 16.1 Å². The zero-order valence-corrected chi connectivity index (χ0v) is 12.3. The van der Waals surface area contributed by atoms with Gasteiger partial charge < -0.3 is 10.1 Å². The third kappa shape index (κ3) is 3.00. The molecule has 0 bridgehead atoms. The fourth-order valence-electron chi connectivity index (χ4n) is 1.50. The molecule has 5 nitrogen and oxygen atoms in total. The van der Waals surface area contributed by atoms with E-state index in [1.807, 2.05) is 13.0 Å². The molecule has 0 unspecified atom stereocenters. The molecule has 2 aromatic rings. The molecule has 0 atom stereocenters. The van der Waals surface area contributed by atoms with Gasteiger partial charge in [0.05, 0.1) is 35.2 Å². The Balaban J connectivity index is 2.27. The number of methoxy groups -OCH3 is 1. The van der Waals surface area contributed by atoms with E-state index in [0.29, 0.717) is 21.6 Å². The number of anilines is 2. The van der Waals surface area contributed by atoms with Crippen LogP contribution in [0.4, 0.5) is 11.5 Å². The van der Waals surface area contributed by atoms with Crippen LogP contribution in [0.15, 0.2) is 24.5 Å². The van der Waals surface area contributed by atoms with E-state index in [2.05, 4.69) is 20.0 Å². The standard InChI is InChI=1S/C13H11Cl2N3O2/c1-7-3-4-8(14)12(11(7)15)18-10-6-16-9(5-17-10)13(19)20-2/h3-6H,1-2H3,(H,17,18). The highest BCUT2D eigenvalue weighted by Gasteiger charge is 2.11. The van der Waals surface area contributed by atoms with Crippen molar-refractivity contribution in [1.29, 1.82) is 0 Å². The molecule has 0 aliphatic heterocycles. The summed E-state index contributed by atoms with van der Waals surface area (Å²) in [6, 6.07) is 3.56. The lowest BCUT2D eigenvalue weighted by Gasteiger charge is -2.11. The SMILES string of the molecule is COC(=O)c1cnc(Nc2c(Cl)ccc(C)c2Cl)cn1. The Hall–Kier alpha value is -1.85. The number of aromatic nitrogens is 2. The van der Waals surface area contributed by atoms with Gasteiger partial charge in [-0.15, -0.1) is 0 Å². The highest BCUT2D eigenvalue weighted by Crippen LogP contribution is 2.34. The number of benzene rings is 1. The highest BCUT2D eigenvalue weighted by atomic mass is 35.5. The first kappa shape index (κ1) is 14.6. The predicted octanol–water partition coefficient (Wildman–Crippen LogP) is 3.62. The molecule has 1 N–H and O–H groups in total. The molecule has 1 heterocycles. The van der Waals surface area contributed by atoms with E-state index in [0.717, 1.165) is 5.56 Å². The van der Waals surface area contributed by atoms with Gasteiger partial charge in [0.1, 0.15) is 5.82 Å². The van der Waals surface area contributed by atoms with Crippen molar-refractivity contribution in [1.82, 2.24) is 9.97 Å². The monoisotopic (exact) mass is 311 g/mol. The van der Waals surface area contributed by atoms with E-state index in [1.54, 1.807) is 6.07 Å². The Morgan fingerprint density at radius 3 is 2.60 bits per heavy atom. The topological polar surface area (TPSA) is 64.1 Å². The van der Waals surface area contributed by atoms with Crippen molar-refractivity contribution in [2.24, 2.45) is 0 Å². The minimum atomic E-state index is -0.546.